The number of aliphatic carboxylic acids is 2. The summed E-state index contributed by atoms with van der Waals surface area (Å²) in [4.78, 5) is 107. The van der Waals surface area contributed by atoms with Gasteiger partial charge in [-0.15, -0.1) is 0 Å². The van der Waals surface area contributed by atoms with Crippen LogP contribution >= 0.6 is 0 Å². The quantitative estimate of drug-likeness (QED) is 0.0708. The SMILES string of the molecule is CC[C@H](C)[C@H](NC(=O)[C@H](CC(=O)O)NC(=O)[C@H](CC(C)C)NC(=O)[C@@H](Cc1ccccc1)NC(C)=O)C(=O)N[C@@H](C)C(=O)N[C@@H](Cc1c[nH]c2ccccc12)C(=O)O. The van der Waals surface area contributed by atoms with Gasteiger partial charge in [-0.25, -0.2) is 4.79 Å². The van der Waals surface area contributed by atoms with Crippen molar-refractivity contribution in [1.29, 1.82) is 0 Å². The van der Waals surface area contributed by atoms with Gasteiger partial charge in [0, 0.05) is 36.9 Å². The Bertz CT molecular complexity index is 1930. The van der Waals surface area contributed by atoms with Crippen LogP contribution in [0.5, 0.6) is 0 Å². The molecule has 2 aromatic carbocycles. The number of fused-ring (bicyclic) bond motifs is 1. The molecule has 0 saturated carbocycles. The van der Waals surface area contributed by atoms with Crippen LogP contribution in [0.4, 0.5) is 0 Å². The molecule has 0 fully saturated rings. The van der Waals surface area contributed by atoms with Crippen molar-refractivity contribution in [2.45, 2.75) is 110 Å². The van der Waals surface area contributed by atoms with Crippen LogP contribution in [0, 0.1) is 11.8 Å². The Balaban J connectivity index is 1.73. The number of carbonyl (C=O) groups is 8. The van der Waals surface area contributed by atoms with Gasteiger partial charge < -0.3 is 47.1 Å². The van der Waals surface area contributed by atoms with E-state index in [0.717, 1.165) is 16.5 Å². The Morgan fingerprint density at radius 2 is 1.22 bits per heavy atom. The average molecular weight is 806 g/mol. The number of amides is 6. The molecule has 0 aliphatic rings. The third-order valence-corrected chi connectivity index (χ3v) is 9.59. The molecule has 314 valence electrons. The van der Waals surface area contributed by atoms with Crippen LogP contribution in [0.3, 0.4) is 0 Å². The first-order valence-electron chi connectivity index (χ1n) is 19.2. The van der Waals surface area contributed by atoms with E-state index in [1.807, 2.05) is 18.2 Å². The van der Waals surface area contributed by atoms with E-state index in [-0.39, 0.29) is 25.2 Å². The predicted octanol–water partition coefficient (Wildman–Crippen LogP) is 1.55. The summed E-state index contributed by atoms with van der Waals surface area (Å²) in [5.41, 5.74) is 2.21. The molecule has 0 saturated heterocycles. The second kappa shape index (κ2) is 21.9. The molecule has 0 radical (unpaired) electrons. The maximum Gasteiger partial charge on any atom is 0.326 e. The molecule has 0 bridgehead atoms. The van der Waals surface area contributed by atoms with Gasteiger partial charge in [-0.1, -0.05) is 82.6 Å². The van der Waals surface area contributed by atoms with E-state index in [2.05, 4.69) is 36.9 Å². The second-order valence-electron chi connectivity index (χ2n) is 14.9. The van der Waals surface area contributed by atoms with Crippen molar-refractivity contribution in [3.63, 3.8) is 0 Å². The van der Waals surface area contributed by atoms with Crippen LogP contribution < -0.4 is 31.9 Å². The average Bonchev–Trinajstić information content (AvgIpc) is 3.57. The van der Waals surface area contributed by atoms with Crippen molar-refractivity contribution in [3.05, 3.63) is 71.9 Å². The summed E-state index contributed by atoms with van der Waals surface area (Å²) in [7, 11) is 0. The fourth-order valence-corrected chi connectivity index (χ4v) is 6.28. The van der Waals surface area contributed by atoms with Crippen molar-refractivity contribution in [1.82, 2.24) is 36.9 Å². The Kier molecular flexibility index (Phi) is 17.4. The summed E-state index contributed by atoms with van der Waals surface area (Å²) in [5, 5.41) is 35.5. The van der Waals surface area contributed by atoms with Gasteiger partial charge in [0.05, 0.1) is 6.42 Å². The summed E-state index contributed by atoms with van der Waals surface area (Å²) in [6, 6.07) is 8.34. The molecular weight excluding hydrogens is 750 g/mol. The number of aromatic amines is 1. The van der Waals surface area contributed by atoms with E-state index < -0.39 is 96.0 Å². The van der Waals surface area contributed by atoms with Crippen LogP contribution in [0.1, 0.15) is 71.9 Å². The molecule has 0 unspecified atom stereocenters. The number of hydrogen-bond donors (Lipinski definition) is 9. The van der Waals surface area contributed by atoms with Crippen molar-refractivity contribution in [2.24, 2.45) is 11.8 Å². The van der Waals surface area contributed by atoms with E-state index in [0.29, 0.717) is 12.0 Å². The first-order valence-corrected chi connectivity index (χ1v) is 19.2. The van der Waals surface area contributed by atoms with Gasteiger partial charge in [0.25, 0.3) is 0 Å². The minimum Gasteiger partial charge on any atom is -0.481 e. The Morgan fingerprint density at radius 3 is 1.83 bits per heavy atom. The number of hydrogen-bond acceptors (Lipinski definition) is 8. The minimum atomic E-state index is -1.69. The van der Waals surface area contributed by atoms with E-state index in [4.69, 9.17) is 0 Å². The lowest BCUT2D eigenvalue weighted by atomic mass is 9.97. The van der Waals surface area contributed by atoms with Gasteiger partial charge in [-0.2, -0.15) is 0 Å². The summed E-state index contributed by atoms with van der Waals surface area (Å²) in [6.45, 7) is 9.59. The molecule has 9 N–H and O–H groups in total. The number of carbonyl (C=O) groups excluding carboxylic acids is 6. The molecule has 3 aromatic rings. The number of carboxylic acid groups (broad SMARTS) is 2. The molecule has 1 aromatic heterocycles. The van der Waals surface area contributed by atoms with Crippen LogP contribution in [0.2, 0.25) is 0 Å². The summed E-state index contributed by atoms with van der Waals surface area (Å²) in [6.07, 6.45) is 1.33. The molecule has 0 spiro atoms. The molecule has 7 atom stereocenters. The lowest BCUT2D eigenvalue weighted by Crippen LogP contribution is -2.60. The number of carboxylic acids is 2. The van der Waals surface area contributed by atoms with E-state index in [9.17, 15) is 48.6 Å². The smallest absolute Gasteiger partial charge is 0.326 e. The zero-order valence-electron chi connectivity index (χ0n) is 33.6. The molecule has 6 amide bonds. The molecule has 0 aliphatic carbocycles. The highest BCUT2D eigenvalue weighted by molar-refractivity contribution is 5.98. The van der Waals surface area contributed by atoms with Crippen molar-refractivity contribution in [2.75, 3.05) is 0 Å². The fraction of sp³-hybridized carbons (Fsp3) is 0.463. The Morgan fingerprint density at radius 1 is 0.638 bits per heavy atom. The number of H-pyrrole nitrogens is 1. The number of benzene rings is 2. The van der Waals surface area contributed by atoms with Crippen LogP contribution in [-0.4, -0.2) is 98.8 Å². The zero-order valence-corrected chi connectivity index (χ0v) is 33.6. The van der Waals surface area contributed by atoms with Crippen LogP contribution in [0.25, 0.3) is 10.9 Å². The Labute approximate surface area is 336 Å². The van der Waals surface area contributed by atoms with Gasteiger partial charge in [-0.3, -0.25) is 33.6 Å². The number of para-hydroxylation sites is 1. The van der Waals surface area contributed by atoms with E-state index in [1.54, 1.807) is 70.3 Å². The number of rotatable bonds is 22. The number of nitrogens with one attached hydrogen (secondary N) is 7. The first-order chi connectivity index (χ1) is 27.4. The number of aromatic nitrogens is 1. The van der Waals surface area contributed by atoms with Gasteiger partial charge in [0.2, 0.25) is 35.4 Å². The summed E-state index contributed by atoms with van der Waals surface area (Å²) >= 11 is 0. The molecule has 17 nitrogen and oxygen atoms in total. The van der Waals surface area contributed by atoms with Gasteiger partial charge in [0.15, 0.2) is 0 Å². The minimum absolute atomic E-state index is 0.0424. The summed E-state index contributed by atoms with van der Waals surface area (Å²) < 4.78 is 0. The summed E-state index contributed by atoms with van der Waals surface area (Å²) in [5.74, 6) is -8.02. The van der Waals surface area contributed by atoms with E-state index >= 15 is 0 Å². The second-order valence-corrected chi connectivity index (χ2v) is 14.9. The highest BCUT2D eigenvalue weighted by Gasteiger charge is 2.35. The maximum absolute atomic E-state index is 13.7. The maximum atomic E-state index is 13.7. The fourth-order valence-electron chi connectivity index (χ4n) is 6.28. The molecular formula is C41H55N7O10. The zero-order chi connectivity index (χ0) is 43.1. The molecule has 17 heteroatoms. The van der Waals surface area contributed by atoms with Crippen LogP contribution in [0.15, 0.2) is 60.8 Å². The van der Waals surface area contributed by atoms with Gasteiger partial charge in [-0.05, 0) is 42.4 Å². The van der Waals surface area contributed by atoms with Crippen LogP contribution in [-0.2, 0) is 51.2 Å². The largest absolute Gasteiger partial charge is 0.481 e. The van der Waals surface area contributed by atoms with Crippen molar-refractivity contribution >= 4 is 58.3 Å². The highest BCUT2D eigenvalue weighted by Crippen LogP contribution is 2.19. The highest BCUT2D eigenvalue weighted by atomic mass is 16.4. The molecule has 58 heavy (non-hydrogen) atoms. The third-order valence-electron chi connectivity index (χ3n) is 9.59. The topological polar surface area (TPSA) is 265 Å². The predicted molar refractivity (Wildman–Crippen MR) is 214 cm³/mol. The molecule has 3 rings (SSSR count). The first kappa shape index (κ1) is 46.1. The third kappa shape index (κ3) is 14.0. The van der Waals surface area contributed by atoms with Crippen molar-refractivity contribution in [3.8, 4) is 0 Å². The standard InChI is InChI=1S/C41H55N7O10/c1-7-23(4)35(40(56)43-24(5)36(52)47-33(41(57)58)19-27-21-42-29-16-12-11-15-28(27)29)48-39(55)32(20-34(50)51)46-37(53)30(17-22(2)3)45-38(54)31(44-25(6)49)18-26-13-9-8-10-14-26/h8-16,21-24,30-33,35,42H,7,17-20H2,1-6H3,(H,43,56)(H,44,49)(H,45,54)(H,46,53)(H,47,52)(H,48,55)(H,50,51)(H,57,58)/t23-,24-,30-,31+,32-,33-,35-/m0/s1. The van der Waals surface area contributed by atoms with Gasteiger partial charge >= 0.3 is 11.9 Å². The normalized spacial score (nSPS) is 14.7. The Hall–Kier alpha value is -6.26. The molecule has 0 aliphatic heterocycles. The lowest BCUT2D eigenvalue weighted by molar-refractivity contribution is -0.142. The lowest BCUT2D eigenvalue weighted by Gasteiger charge is -2.29. The van der Waals surface area contributed by atoms with E-state index in [1.165, 1.54) is 13.8 Å². The van der Waals surface area contributed by atoms with Crippen molar-refractivity contribution < 1.29 is 48.6 Å². The van der Waals surface area contributed by atoms with Gasteiger partial charge in [0.1, 0.15) is 36.3 Å². The monoisotopic (exact) mass is 805 g/mol. The molecule has 1 heterocycles.